The molecule has 1 aromatic rings. The Kier molecular flexibility index (Phi) is 10.0. The Labute approximate surface area is 192 Å². The maximum Gasteiger partial charge on any atom is 0.279 e. The van der Waals surface area contributed by atoms with Crippen LogP contribution in [0.15, 0.2) is 30.3 Å². The standard InChI is InChI=1S/C21H29ClFN3O5S/c22-19(23)21(29)26(12-11-18(24)27)20(28)17(13-15-7-3-1-4-8-15)25-32(30,31)14-16-9-5-2-6-10-16/h2,5-6,9-10,15,17,19,25H,1,3-4,7-8,11-14H2,(H2,24,27)/t17-,19?/m0/s1. The summed E-state index contributed by atoms with van der Waals surface area (Å²) < 4.78 is 41.6. The molecule has 0 saturated heterocycles. The summed E-state index contributed by atoms with van der Waals surface area (Å²) in [5.41, 5.74) is 3.12. The Hall–Kier alpha value is -2.04. The van der Waals surface area contributed by atoms with E-state index in [9.17, 15) is 27.2 Å². The third-order valence-electron chi connectivity index (χ3n) is 5.41. The summed E-state index contributed by atoms with van der Waals surface area (Å²) >= 11 is 5.25. The molecule has 11 heteroatoms. The first kappa shape index (κ1) is 26.2. The maximum absolute atomic E-state index is 13.5. The number of rotatable bonds is 11. The number of alkyl halides is 2. The Morgan fingerprint density at radius 1 is 1.12 bits per heavy atom. The van der Waals surface area contributed by atoms with E-state index in [1.165, 1.54) is 0 Å². The van der Waals surface area contributed by atoms with Crippen LogP contribution in [0.3, 0.4) is 0 Å². The van der Waals surface area contributed by atoms with Crippen molar-refractivity contribution in [2.24, 2.45) is 11.7 Å². The molecule has 178 valence electrons. The summed E-state index contributed by atoms with van der Waals surface area (Å²) in [4.78, 5) is 37.1. The van der Waals surface area contributed by atoms with Gasteiger partial charge in [-0.25, -0.2) is 17.5 Å². The van der Waals surface area contributed by atoms with Crippen LogP contribution in [0.2, 0.25) is 0 Å². The van der Waals surface area contributed by atoms with Gasteiger partial charge in [0.25, 0.3) is 11.5 Å². The first-order chi connectivity index (χ1) is 15.1. The zero-order valence-electron chi connectivity index (χ0n) is 17.7. The topological polar surface area (TPSA) is 127 Å². The van der Waals surface area contributed by atoms with E-state index in [1.807, 2.05) is 0 Å². The van der Waals surface area contributed by atoms with Gasteiger partial charge in [0.1, 0.15) is 6.04 Å². The molecule has 32 heavy (non-hydrogen) atoms. The summed E-state index contributed by atoms with van der Waals surface area (Å²) in [6, 6.07) is 7.13. The third-order valence-corrected chi connectivity index (χ3v) is 6.96. The zero-order valence-corrected chi connectivity index (χ0v) is 19.3. The summed E-state index contributed by atoms with van der Waals surface area (Å²) in [6.07, 6.45) is 4.39. The van der Waals surface area contributed by atoms with E-state index in [1.54, 1.807) is 30.3 Å². The molecule has 2 rings (SSSR count). The first-order valence-corrected chi connectivity index (χ1v) is 12.6. The zero-order chi connectivity index (χ0) is 23.7. The molecule has 0 aliphatic heterocycles. The molecule has 1 aromatic carbocycles. The Morgan fingerprint density at radius 3 is 2.31 bits per heavy atom. The van der Waals surface area contributed by atoms with Crippen LogP contribution in [0.1, 0.15) is 50.5 Å². The van der Waals surface area contributed by atoms with Gasteiger partial charge in [0.05, 0.1) is 5.75 Å². The minimum Gasteiger partial charge on any atom is -0.370 e. The molecule has 1 fully saturated rings. The number of halogens is 2. The summed E-state index contributed by atoms with van der Waals surface area (Å²) in [5.74, 6) is -3.38. The van der Waals surface area contributed by atoms with Gasteiger partial charge in [-0.2, -0.15) is 0 Å². The van der Waals surface area contributed by atoms with Gasteiger partial charge < -0.3 is 5.73 Å². The highest BCUT2D eigenvalue weighted by Gasteiger charge is 2.36. The van der Waals surface area contributed by atoms with Crippen molar-refractivity contribution in [3.05, 3.63) is 35.9 Å². The van der Waals surface area contributed by atoms with Crippen molar-refractivity contribution in [3.63, 3.8) is 0 Å². The van der Waals surface area contributed by atoms with E-state index >= 15 is 0 Å². The first-order valence-electron chi connectivity index (χ1n) is 10.5. The maximum atomic E-state index is 13.5. The lowest BCUT2D eigenvalue weighted by molar-refractivity contribution is -0.148. The smallest absolute Gasteiger partial charge is 0.279 e. The van der Waals surface area contributed by atoms with Crippen molar-refractivity contribution < 1.29 is 27.2 Å². The summed E-state index contributed by atoms with van der Waals surface area (Å²) in [5, 5.41) is 0. The van der Waals surface area contributed by atoms with E-state index in [4.69, 9.17) is 17.3 Å². The van der Waals surface area contributed by atoms with E-state index in [-0.39, 0.29) is 18.1 Å². The number of imide groups is 1. The monoisotopic (exact) mass is 489 g/mol. The van der Waals surface area contributed by atoms with Gasteiger partial charge in [-0.15, -0.1) is 0 Å². The van der Waals surface area contributed by atoms with Gasteiger partial charge in [-0.05, 0) is 17.9 Å². The number of amides is 3. The molecule has 2 atom stereocenters. The highest BCUT2D eigenvalue weighted by atomic mass is 35.5. The molecule has 8 nitrogen and oxygen atoms in total. The molecule has 3 amide bonds. The van der Waals surface area contributed by atoms with Crippen molar-refractivity contribution in [1.29, 1.82) is 0 Å². The highest BCUT2D eigenvalue weighted by molar-refractivity contribution is 7.88. The number of nitrogens with zero attached hydrogens (tertiary/aromatic N) is 1. The molecule has 1 aliphatic carbocycles. The molecular formula is C21H29ClFN3O5S. The molecular weight excluding hydrogens is 461 g/mol. The summed E-state index contributed by atoms with van der Waals surface area (Å²) in [7, 11) is -3.97. The SMILES string of the molecule is NC(=O)CCN(C(=O)C(F)Cl)C(=O)[C@H](CC1CCCCC1)NS(=O)(=O)Cc1ccccc1. The van der Waals surface area contributed by atoms with Gasteiger partial charge in [-0.3, -0.25) is 19.3 Å². The predicted octanol–water partition coefficient (Wildman–Crippen LogP) is 2.21. The molecule has 0 radical (unpaired) electrons. The van der Waals surface area contributed by atoms with Crippen molar-refractivity contribution in [2.45, 2.75) is 62.4 Å². The van der Waals surface area contributed by atoms with Crippen LogP contribution in [0.5, 0.6) is 0 Å². The molecule has 1 unspecified atom stereocenters. The number of hydrogen-bond acceptors (Lipinski definition) is 5. The van der Waals surface area contributed by atoms with Crippen LogP contribution in [-0.4, -0.2) is 49.3 Å². The molecule has 0 heterocycles. The van der Waals surface area contributed by atoms with Crippen LogP contribution in [0.25, 0.3) is 0 Å². The third kappa shape index (κ3) is 8.48. The molecule has 0 bridgehead atoms. The number of benzene rings is 1. The van der Waals surface area contributed by atoms with E-state index < -0.39 is 52.4 Å². The second-order valence-electron chi connectivity index (χ2n) is 8.00. The fourth-order valence-corrected chi connectivity index (χ4v) is 5.33. The van der Waals surface area contributed by atoms with Crippen molar-refractivity contribution in [3.8, 4) is 0 Å². The lowest BCUT2D eigenvalue weighted by Crippen LogP contribution is -2.53. The van der Waals surface area contributed by atoms with Crippen molar-refractivity contribution >= 4 is 39.3 Å². The van der Waals surface area contributed by atoms with Crippen LogP contribution in [-0.2, 0) is 30.2 Å². The van der Waals surface area contributed by atoms with Gasteiger partial charge in [-0.1, -0.05) is 74.0 Å². The fourth-order valence-electron chi connectivity index (χ4n) is 3.86. The molecule has 0 aromatic heterocycles. The average molecular weight is 490 g/mol. The Morgan fingerprint density at radius 2 is 1.75 bits per heavy atom. The van der Waals surface area contributed by atoms with Crippen LogP contribution >= 0.6 is 11.6 Å². The number of carbonyl (C=O) groups is 3. The second-order valence-corrected chi connectivity index (χ2v) is 10.1. The Bertz CT molecular complexity index is 892. The summed E-state index contributed by atoms with van der Waals surface area (Å²) in [6.45, 7) is -0.484. The lowest BCUT2D eigenvalue weighted by atomic mass is 9.84. The normalized spacial score (nSPS) is 16.8. The predicted molar refractivity (Wildman–Crippen MR) is 118 cm³/mol. The number of primary amides is 1. The number of carbonyl (C=O) groups excluding carboxylic acids is 3. The van der Waals surface area contributed by atoms with Crippen LogP contribution in [0, 0.1) is 5.92 Å². The van der Waals surface area contributed by atoms with Crippen molar-refractivity contribution in [2.75, 3.05) is 6.54 Å². The molecule has 1 aliphatic rings. The average Bonchev–Trinajstić information content (AvgIpc) is 2.73. The number of nitrogens with one attached hydrogen (secondary N) is 1. The van der Waals surface area contributed by atoms with Gasteiger partial charge >= 0.3 is 0 Å². The number of hydrogen-bond donors (Lipinski definition) is 2. The van der Waals surface area contributed by atoms with Gasteiger partial charge in [0.2, 0.25) is 21.8 Å². The van der Waals surface area contributed by atoms with Crippen LogP contribution < -0.4 is 10.5 Å². The van der Waals surface area contributed by atoms with E-state index in [0.29, 0.717) is 10.5 Å². The molecule has 1 saturated carbocycles. The molecule has 0 spiro atoms. The van der Waals surface area contributed by atoms with Crippen LogP contribution in [0.4, 0.5) is 4.39 Å². The van der Waals surface area contributed by atoms with E-state index in [2.05, 4.69) is 4.72 Å². The lowest BCUT2D eigenvalue weighted by Gasteiger charge is -2.30. The quantitative estimate of drug-likeness (QED) is 0.461. The van der Waals surface area contributed by atoms with E-state index in [0.717, 1.165) is 32.1 Å². The number of sulfonamides is 1. The largest absolute Gasteiger partial charge is 0.370 e. The highest BCUT2D eigenvalue weighted by Crippen LogP contribution is 2.28. The fraction of sp³-hybridized carbons (Fsp3) is 0.571. The number of nitrogens with two attached hydrogens (primary N) is 1. The minimum atomic E-state index is -3.97. The van der Waals surface area contributed by atoms with Gasteiger partial charge in [0, 0.05) is 13.0 Å². The minimum absolute atomic E-state index is 0.0717. The molecule has 3 N–H and O–H groups in total. The van der Waals surface area contributed by atoms with Gasteiger partial charge in [0.15, 0.2) is 0 Å². The second kappa shape index (κ2) is 12.3. The Balaban J connectivity index is 2.26. The van der Waals surface area contributed by atoms with Crippen molar-refractivity contribution in [1.82, 2.24) is 9.62 Å².